The lowest BCUT2D eigenvalue weighted by molar-refractivity contribution is 0.297. The van der Waals surface area contributed by atoms with Crippen molar-refractivity contribution >= 4 is 11.6 Å². The molecule has 20 heavy (non-hydrogen) atoms. The third-order valence-corrected chi connectivity index (χ3v) is 3.17. The first kappa shape index (κ1) is 14.6. The maximum Gasteiger partial charge on any atom is 0.179 e. The second kappa shape index (κ2) is 7.12. The van der Waals surface area contributed by atoms with Crippen molar-refractivity contribution in [1.82, 2.24) is 4.98 Å². The first-order valence-electron chi connectivity index (χ1n) is 6.32. The first-order chi connectivity index (χ1) is 9.74. The Morgan fingerprint density at radius 3 is 2.80 bits per heavy atom. The molecule has 0 spiro atoms. The molecule has 0 saturated heterocycles. The van der Waals surface area contributed by atoms with Crippen molar-refractivity contribution in [2.24, 2.45) is 5.73 Å². The van der Waals surface area contributed by atoms with Gasteiger partial charge in [0.2, 0.25) is 0 Å². The molecule has 1 aromatic carbocycles. The highest BCUT2D eigenvalue weighted by atomic mass is 35.5. The molecule has 0 amide bonds. The number of pyridine rings is 1. The van der Waals surface area contributed by atoms with Crippen molar-refractivity contribution in [2.45, 2.75) is 13.0 Å². The van der Waals surface area contributed by atoms with E-state index < -0.39 is 0 Å². The Morgan fingerprint density at radius 1 is 1.30 bits per heavy atom. The minimum absolute atomic E-state index is 0.409. The number of rotatable bonds is 6. The van der Waals surface area contributed by atoms with E-state index >= 15 is 0 Å². The van der Waals surface area contributed by atoms with Crippen LogP contribution in [0.15, 0.2) is 36.7 Å². The minimum Gasteiger partial charge on any atom is -0.493 e. The van der Waals surface area contributed by atoms with Crippen molar-refractivity contribution in [3.8, 4) is 11.5 Å². The number of hydrogen-bond acceptors (Lipinski definition) is 4. The summed E-state index contributed by atoms with van der Waals surface area (Å²) in [5.74, 6) is 1.15. The Balaban J connectivity index is 2.05. The molecular formula is C15H17ClN2O2. The van der Waals surface area contributed by atoms with Gasteiger partial charge in [0.1, 0.15) is 0 Å². The molecule has 2 N–H and O–H groups in total. The summed E-state index contributed by atoms with van der Waals surface area (Å²) >= 11 is 6.20. The van der Waals surface area contributed by atoms with Crippen LogP contribution in [0.25, 0.3) is 0 Å². The molecule has 106 valence electrons. The predicted molar refractivity (Wildman–Crippen MR) is 79.3 cm³/mol. The fourth-order valence-corrected chi connectivity index (χ4v) is 2.14. The summed E-state index contributed by atoms with van der Waals surface area (Å²) in [7, 11) is 1.58. The summed E-state index contributed by atoms with van der Waals surface area (Å²) in [5.41, 5.74) is 7.63. The van der Waals surface area contributed by atoms with Crippen LogP contribution in [0.5, 0.6) is 11.5 Å². The van der Waals surface area contributed by atoms with Gasteiger partial charge in [-0.25, -0.2) is 0 Å². The van der Waals surface area contributed by atoms with Gasteiger partial charge in [0, 0.05) is 25.4 Å². The Kier molecular flexibility index (Phi) is 5.21. The molecule has 2 aromatic rings. The van der Waals surface area contributed by atoms with Gasteiger partial charge >= 0.3 is 0 Å². The van der Waals surface area contributed by atoms with Crippen LogP contribution in [-0.4, -0.2) is 18.7 Å². The Morgan fingerprint density at radius 2 is 2.15 bits per heavy atom. The SMILES string of the molecule is COc1cc(CN)cc(Cl)c1OCCc1cccnc1. The molecule has 0 fully saturated rings. The molecule has 0 aliphatic heterocycles. The first-order valence-corrected chi connectivity index (χ1v) is 6.70. The van der Waals surface area contributed by atoms with E-state index in [-0.39, 0.29) is 0 Å². The Bertz CT molecular complexity index is 561. The number of benzene rings is 1. The molecule has 4 nitrogen and oxygen atoms in total. The van der Waals surface area contributed by atoms with E-state index in [2.05, 4.69) is 4.98 Å². The van der Waals surface area contributed by atoms with Crippen LogP contribution in [0.4, 0.5) is 0 Å². The van der Waals surface area contributed by atoms with Gasteiger partial charge in [-0.15, -0.1) is 0 Å². The normalized spacial score (nSPS) is 10.3. The van der Waals surface area contributed by atoms with E-state index in [4.69, 9.17) is 26.8 Å². The van der Waals surface area contributed by atoms with Gasteiger partial charge in [-0.2, -0.15) is 0 Å². The van der Waals surface area contributed by atoms with E-state index in [9.17, 15) is 0 Å². The van der Waals surface area contributed by atoms with E-state index in [0.29, 0.717) is 29.7 Å². The molecule has 0 atom stereocenters. The van der Waals surface area contributed by atoms with Crippen LogP contribution < -0.4 is 15.2 Å². The van der Waals surface area contributed by atoms with Crippen molar-refractivity contribution in [1.29, 1.82) is 0 Å². The van der Waals surface area contributed by atoms with E-state index in [1.54, 1.807) is 19.4 Å². The average Bonchev–Trinajstić information content (AvgIpc) is 2.49. The zero-order valence-corrected chi connectivity index (χ0v) is 12.1. The van der Waals surface area contributed by atoms with Crippen LogP contribution in [-0.2, 0) is 13.0 Å². The second-order valence-electron chi connectivity index (χ2n) is 4.27. The van der Waals surface area contributed by atoms with Gasteiger partial charge < -0.3 is 15.2 Å². The Labute approximate surface area is 123 Å². The third-order valence-electron chi connectivity index (χ3n) is 2.88. The number of methoxy groups -OCH3 is 1. The van der Waals surface area contributed by atoms with Gasteiger partial charge in [-0.1, -0.05) is 17.7 Å². The molecule has 0 radical (unpaired) electrons. The zero-order valence-electron chi connectivity index (χ0n) is 11.3. The molecule has 0 aliphatic carbocycles. The van der Waals surface area contributed by atoms with Crippen LogP contribution in [0.1, 0.15) is 11.1 Å². The highest BCUT2D eigenvalue weighted by Crippen LogP contribution is 2.36. The molecule has 1 heterocycles. The monoisotopic (exact) mass is 292 g/mol. The maximum absolute atomic E-state index is 6.20. The molecule has 0 bridgehead atoms. The van der Waals surface area contributed by atoms with E-state index in [1.807, 2.05) is 24.4 Å². The minimum atomic E-state index is 0.409. The van der Waals surface area contributed by atoms with E-state index in [0.717, 1.165) is 17.5 Å². The van der Waals surface area contributed by atoms with Gasteiger partial charge in [-0.3, -0.25) is 4.98 Å². The standard InChI is InChI=1S/C15H17ClN2O2/c1-19-14-8-12(9-17)7-13(16)15(14)20-6-4-11-3-2-5-18-10-11/h2-3,5,7-8,10H,4,6,9,17H2,1H3. The van der Waals surface area contributed by atoms with Crippen LogP contribution in [0, 0.1) is 0 Å². The summed E-state index contributed by atoms with van der Waals surface area (Å²) in [6, 6.07) is 7.54. The predicted octanol–water partition coefficient (Wildman–Crippen LogP) is 2.82. The molecule has 2 rings (SSSR count). The smallest absolute Gasteiger partial charge is 0.179 e. The fourth-order valence-electron chi connectivity index (χ4n) is 1.85. The van der Waals surface area contributed by atoms with Crippen molar-refractivity contribution < 1.29 is 9.47 Å². The number of ether oxygens (including phenoxy) is 2. The van der Waals surface area contributed by atoms with Crippen molar-refractivity contribution in [2.75, 3.05) is 13.7 Å². The van der Waals surface area contributed by atoms with Gasteiger partial charge in [0.05, 0.1) is 18.7 Å². The number of hydrogen-bond donors (Lipinski definition) is 1. The lowest BCUT2D eigenvalue weighted by Crippen LogP contribution is -2.05. The average molecular weight is 293 g/mol. The number of aromatic nitrogens is 1. The third kappa shape index (κ3) is 3.62. The summed E-state index contributed by atoms with van der Waals surface area (Å²) < 4.78 is 11.0. The molecule has 0 unspecified atom stereocenters. The molecule has 0 saturated carbocycles. The zero-order chi connectivity index (χ0) is 14.4. The molecule has 0 aliphatic rings. The highest BCUT2D eigenvalue weighted by Gasteiger charge is 2.11. The number of halogens is 1. The van der Waals surface area contributed by atoms with Crippen LogP contribution in [0.2, 0.25) is 5.02 Å². The van der Waals surface area contributed by atoms with Crippen LogP contribution in [0.3, 0.4) is 0 Å². The Hall–Kier alpha value is -1.78. The quantitative estimate of drug-likeness (QED) is 0.889. The summed E-state index contributed by atoms with van der Waals surface area (Å²) in [4.78, 5) is 4.06. The summed E-state index contributed by atoms with van der Waals surface area (Å²) in [6.07, 6.45) is 4.32. The van der Waals surface area contributed by atoms with E-state index in [1.165, 1.54) is 0 Å². The highest BCUT2D eigenvalue weighted by molar-refractivity contribution is 6.32. The summed E-state index contributed by atoms with van der Waals surface area (Å²) in [6.45, 7) is 0.912. The maximum atomic E-state index is 6.20. The molecule has 1 aromatic heterocycles. The van der Waals surface area contributed by atoms with Crippen molar-refractivity contribution in [3.05, 3.63) is 52.8 Å². The summed E-state index contributed by atoms with van der Waals surface area (Å²) in [5, 5.41) is 0.510. The number of nitrogens with two attached hydrogens (primary N) is 1. The molecular weight excluding hydrogens is 276 g/mol. The largest absolute Gasteiger partial charge is 0.493 e. The fraction of sp³-hybridized carbons (Fsp3) is 0.267. The van der Waals surface area contributed by atoms with Gasteiger partial charge in [-0.05, 0) is 29.3 Å². The van der Waals surface area contributed by atoms with Gasteiger partial charge in [0.25, 0.3) is 0 Å². The van der Waals surface area contributed by atoms with Gasteiger partial charge in [0.15, 0.2) is 11.5 Å². The topological polar surface area (TPSA) is 57.4 Å². The van der Waals surface area contributed by atoms with Crippen LogP contribution >= 0.6 is 11.6 Å². The molecule has 5 heteroatoms. The van der Waals surface area contributed by atoms with Crippen molar-refractivity contribution in [3.63, 3.8) is 0 Å². The number of nitrogens with zero attached hydrogens (tertiary/aromatic N) is 1. The lowest BCUT2D eigenvalue weighted by Gasteiger charge is -2.13. The lowest BCUT2D eigenvalue weighted by atomic mass is 10.2. The second-order valence-corrected chi connectivity index (χ2v) is 4.68.